The van der Waals surface area contributed by atoms with E-state index in [2.05, 4.69) is 15.4 Å². The van der Waals surface area contributed by atoms with Crippen LogP contribution in [0.1, 0.15) is 6.42 Å². The van der Waals surface area contributed by atoms with Crippen molar-refractivity contribution in [3.05, 3.63) is 24.7 Å². The van der Waals surface area contributed by atoms with Crippen molar-refractivity contribution in [1.82, 2.24) is 14.8 Å². The average Bonchev–Trinajstić information content (AvgIpc) is 2.74. The van der Waals surface area contributed by atoms with Crippen molar-refractivity contribution in [2.75, 3.05) is 17.6 Å². The smallest absolute Gasteiger partial charge is 0.132 e. The molecular weight excluding hydrogens is 202 g/mol. The minimum Gasteiger partial charge on any atom is -0.398 e. The lowest BCUT2D eigenvalue weighted by Crippen LogP contribution is -2.17. The van der Waals surface area contributed by atoms with E-state index < -0.39 is 0 Å². The van der Waals surface area contributed by atoms with Crippen LogP contribution in [-0.4, -0.2) is 21.3 Å². The van der Waals surface area contributed by atoms with Crippen LogP contribution in [0, 0.1) is 0 Å². The molecule has 0 unspecified atom stereocenters. The number of nitrogens with zero attached hydrogens (tertiary/aromatic N) is 3. The molecule has 16 heavy (non-hydrogen) atoms. The molecule has 2 aromatic heterocycles. The van der Waals surface area contributed by atoms with Crippen LogP contribution < -0.4 is 11.1 Å². The van der Waals surface area contributed by atoms with E-state index >= 15 is 0 Å². The Morgan fingerprint density at radius 1 is 1.31 bits per heavy atom. The maximum Gasteiger partial charge on any atom is 0.132 e. The number of aryl methyl sites for hydroxylation is 1. The Morgan fingerprint density at radius 3 is 3.12 bits per heavy atom. The highest BCUT2D eigenvalue weighted by molar-refractivity contribution is 5.82. The number of pyridine rings is 1. The first-order chi connectivity index (χ1) is 7.86. The molecule has 0 bridgehead atoms. The highest BCUT2D eigenvalue weighted by atomic mass is 15.3. The van der Waals surface area contributed by atoms with Crippen LogP contribution in [0.3, 0.4) is 0 Å². The largest absolute Gasteiger partial charge is 0.398 e. The first-order valence-corrected chi connectivity index (χ1v) is 5.36. The average molecular weight is 215 g/mol. The summed E-state index contributed by atoms with van der Waals surface area (Å²) in [7, 11) is 0. The van der Waals surface area contributed by atoms with Gasteiger partial charge in [0, 0.05) is 42.3 Å². The molecule has 0 aromatic carbocycles. The summed E-state index contributed by atoms with van der Waals surface area (Å²) >= 11 is 0. The van der Waals surface area contributed by atoms with Gasteiger partial charge in [0.05, 0.1) is 6.20 Å². The van der Waals surface area contributed by atoms with Gasteiger partial charge in [-0.15, -0.1) is 0 Å². The quantitative estimate of drug-likeness (QED) is 0.753. The van der Waals surface area contributed by atoms with Crippen molar-refractivity contribution < 1.29 is 0 Å². The molecule has 0 spiro atoms. The van der Waals surface area contributed by atoms with Crippen LogP contribution in [0.2, 0.25) is 0 Å². The molecule has 2 aromatic rings. The molecule has 3 heterocycles. The number of nitrogens with two attached hydrogens (primary N) is 1. The molecule has 0 fully saturated rings. The fourth-order valence-corrected chi connectivity index (χ4v) is 2.00. The fourth-order valence-electron chi connectivity index (χ4n) is 2.00. The summed E-state index contributed by atoms with van der Waals surface area (Å²) < 4.78 is 1.98. The molecular formula is C11H13N5. The molecule has 0 atom stereocenters. The number of anilines is 2. The Kier molecular flexibility index (Phi) is 2.02. The van der Waals surface area contributed by atoms with Crippen LogP contribution >= 0.6 is 0 Å². The normalized spacial score (nSPS) is 14.2. The third-order valence-electron chi connectivity index (χ3n) is 2.82. The van der Waals surface area contributed by atoms with E-state index in [9.17, 15) is 0 Å². The topological polar surface area (TPSA) is 68.8 Å². The first kappa shape index (κ1) is 9.21. The van der Waals surface area contributed by atoms with Crippen molar-refractivity contribution in [3.8, 4) is 11.1 Å². The molecule has 3 N–H and O–H groups in total. The molecule has 82 valence electrons. The zero-order chi connectivity index (χ0) is 11.0. The lowest BCUT2D eigenvalue weighted by atomic mass is 10.1. The molecule has 5 nitrogen and oxygen atoms in total. The summed E-state index contributed by atoms with van der Waals surface area (Å²) in [6.45, 7) is 1.95. The van der Waals surface area contributed by atoms with Crippen LogP contribution in [0.4, 0.5) is 11.5 Å². The predicted octanol–water partition coefficient (Wildman–Crippen LogP) is 1.34. The second-order valence-corrected chi connectivity index (χ2v) is 3.87. The molecule has 3 rings (SSSR count). The van der Waals surface area contributed by atoms with E-state index in [4.69, 9.17) is 5.73 Å². The molecule has 0 aliphatic carbocycles. The predicted molar refractivity (Wildman–Crippen MR) is 63.0 cm³/mol. The van der Waals surface area contributed by atoms with E-state index in [1.165, 1.54) is 0 Å². The molecule has 0 amide bonds. The lowest BCUT2D eigenvalue weighted by molar-refractivity contribution is 0.568. The lowest BCUT2D eigenvalue weighted by Gasteiger charge is -2.17. The summed E-state index contributed by atoms with van der Waals surface area (Å²) in [4.78, 5) is 4.11. The van der Waals surface area contributed by atoms with Gasteiger partial charge in [-0.25, -0.2) is 4.68 Å². The number of nitrogens with one attached hydrogen (secondary N) is 1. The van der Waals surface area contributed by atoms with E-state index in [0.29, 0.717) is 0 Å². The minimum atomic E-state index is 0.734. The Labute approximate surface area is 93.3 Å². The third-order valence-corrected chi connectivity index (χ3v) is 2.82. The number of hydrogen-bond acceptors (Lipinski definition) is 4. The van der Waals surface area contributed by atoms with Crippen molar-refractivity contribution >= 4 is 11.5 Å². The van der Waals surface area contributed by atoms with Gasteiger partial charge in [0.15, 0.2) is 0 Å². The van der Waals surface area contributed by atoms with Gasteiger partial charge < -0.3 is 11.1 Å². The number of aromatic nitrogens is 3. The van der Waals surface area contributed by atoms with Gasteiger partial charge in [-0.1, -0.05) is 0 Å². The monoisotopic (exact) mass is 215 g/mol. The van der Waals surface area contributed by atoms with E-state index in [0.717, 1.165) is 42.1 Å². The fraction of sp³-hybridized carbons (Fsp3) is 0.273. The zero-order valence-corrected chi connectivity index (χ0v) is 8.85. The number of rotatable bonds is 1. The molecule has 1 aliphatic rings. The van der Waals surface area contributed by atoms with Gasteiger partial charge in [0.2, 0.25) is 0 Å². The third kappa shape index (κ3) is 1.32. The Bertz CT molecular complexity index is 517. The highest BCUT2D eigenvalue weighted by Crippen LogP contribution is 2.32. The van der Waals surface area contributed by atoms with Crippen molar-refractivity contribution in [2.45, 2.75) is 13.0 Å². The summed E-state index contributed by atoms with van der Waals surface area (Å²) in [5.74, 6) is 1.05. The Balaban J connectivity index is 2.13. The standard InChI is InChI=1S/C11H13N5/c12-10-2-4-13-6-8(10)9-7-15-16-5-1-3-14-11(9)16/h2,4,6-7,14H,1,3,5H2,(H2,12,13). The van der Waals surface area contributed by atoms with Crippen LogP contribution in [0.15, 0.2) is 24.7 Å². The summed E-state index contributed by atoms with van der Waals surface area (Å²) in [5, 5.41) is 7.70. The summed E-state index contributed by atoms with van der Waals surface area (Å²) in [6.07, 6.45) is 6.43. The van der Waals surface area contributed by atoms with E-state index in [1.54, 1.807) is 12.4 Å². The van der Waals surface area contributed by atoms with E-state index in [1.807, 2.05) is 16.9 Å². The SMILES string of the molecule is Nc1ccncc1-c1cnn2c1NCCC2. The Morgan fingerprint density at radius 2 is 2.25 bits per heavy atom. The summed E-state index contributed by atoms with van der Waals surface area (Å²) in [6, 6.07) is 1.81. The molecule has 0 saturated carbocycles. The molecule has 5 heteroatoms. The van der Waals surface area contributed by atoms with Crippen LogP contribution in [0.5, 0.6) is 0 Å². The van der Waals surface area contributed by atoms with Gasteiger partial charge in [0.1, 0.15) is 5.82 Å². The maximum absolute atomic E-state index is 5.94. The van der Waals surface area contributed by atoms with Crippen molar-refractivity contribution in [1.29, 1.82) is 0 Å². The molecule has 0 radical (unpaired) electrons. The number of fused-ring (bicyclic) bond motifs is 1. The van der Waals surface area contributed by atoms with Gasteiger partial charge in [-0.2, -0.15) is 5.10 Å². The number of hydrogen-bond donors (Lipinski definition) is 2. The summed E-state index contributed by atoms with van der Waals surface area (Å²) in [5.41, 5.74) is 8.65. The van der Waals surface area contributed by atoms with Crippen LogP contribution in [-0.2, 0) is 6.54 Å². The Hall–Kier alpha value is -2.04. The second-order valence-electron chi connectivity index (χ2n) is 3.87. The van der Waals surface area contributed by atoms with Gasteiger partial charge >= 0.3 is 0 Å². The highest BCUT2D eigenvalue weighted by Gasteiger charge is 2.16. The zero-order valence-electron chi connectivity index (χ0n) is 8.85. The minimum absolute atomic E-state index is 0.734. The van der Waals surface area contributed by atoms with Gasteiger partial charge in [-0.05, 0) is 12.5 Å². The van der Waals surface area contributed by atoms with Gasteiger partial charge in [0.25, 0.3) is 0 Å². The number of nitrogen functional groups attached to an aromatic ring is 1. The second kappa shape index (κ2) is 3.52. The molecule has 1 aliphatic heterocycles. The van der Waals surface area contributed by atoms with Crippen molar-refractivity contribution in [3.63, 3.8) is 0 Å². The molecule has 0 saturated heterocycles. The first-order valence-electron chi connectivity index (χ1n) is 5.36. The van der Waals surface area contributed by atoms with Gasteiger partial charge in [-0.3, -0.25) is 4.98 Å². The van der Waals surface area contributed by atoms with Crippen LogP contribution in [0.25, 0.3) is 11.1 Å². The van der Waals surface area contributed by atoms with E-state index in [-0.39, 0.29) is 0 Å². The maximum atomic E-state index is 5.94. The van der Waals surface area contributed by atoms with Crippen molar-refractivity contribution in [2.24, 2.45) is 0 Å².